The van der Waals surface area contributed by atoms with Crippen molar-refractivity contribution < 1.29 is 9.53 Å². The van der Waals surface area contributed by atoms with Crippen LogP contribution in [0.3, 0.4) is 0 Å². The maximum Gasteiger partial charge on any atom is 0.347 e. The fourth-order valence-electron chi connectivity index (χ4n) is 1.59. The third-order valence-electron chi connectivity index (χ3n) is 2.39. The average Bonchev–Trinajstić information content (AvgIpc) is 2.19. The van der Waals surface area contributed by atoms with Gasteiger partial charge in [0.05, 0.1) is 0 Å². The van der Waals surface area contributed by atoms with Crippen LogP contribution in [0.2, 0.25) is 0 Å². The molecular formula is C10H13N2O2S-. The van der Waals surface area contributed by atoms with Crippen LogP contribution in [-0.4, -0.2) is 22.9 Å². The first-order chi connectivity index (χ1) is 7.15. The van der Waals surface area contributed by atoms with Crippen molar-refractivity contribution in [3.05, 3.63) is 11.0 Å². The quantitative estimate of drug-likeness (QED) is 0.340. The lowest BCUT2D eigenvalue weighted by molar-refractivity contribution is -0.144. The van der Waals surface area contributed by atoms with Gasteiger partial charge in [0, 0.05) is 0 Å². The number of rotatable bonds is 3. The molecule has 4 nitrogen and oxygen atoms in total. The first-order valence-corrected chi connectivity index (χ1v) is 5.34. The van der Waals surface area contributed by atoms with Crippen LogP contribution in [0.4, 0.5) is 0 Å². The van der Waals surface area contributed by atoms with E-state index in [1.807, 2.05) is 0 Å². The molecule has 1 aliphatic rings. The maximum absolute atomic E-state index is 11.4. The minimum atomic E-state index is -0.683. The molecule has 1 rings (SSSR count). The van der Waals surface area contributed by atoms with E-state index in [-0.39, 0.29) is 16.7 Å². The van der Waals surface area contributed by atoms with Gasteiger partial charge < -0.3 is 15.9 Å². The maximum atomic E-state index is 11.4. The third-order valence-corrected chi connectivity index (χ3v) is 2.59. The van der Waals surface area contributed by atoms with Gasteiger partial charge in [0.25, 0.3) is 0 Å². The van der Waals surface area contributed by atoms with Crippen molar-refractivity contribution in [1.82, 2.24) is 0 Å². The zero-order valence-electron chi connectivity index (χ0n) is 8.36. The number of ether oxygens (including phenoxy) is 1. The molecule has 0 saturated heterocycles. The van der Waals surface area contributed by atoms with E-state index in [0.29, 0.717) is 0 Å². The zero-order valence-corrected chi connectivity index (χ0v) is 9.18. The molecule has 0 radical (unpaired) electrons. The summed E-state index contributed by atoms with van der Waals surface area (Å²) >= 11 is 4.58. The van der Waals surface area contributed by atoms with Crippen LogP contribution in [-0.2, 0) is 9.53 Å². The molecule has 0 aromatic heterocycles. The molecule has 82 valence electrons. The SMILES string of the molecule is [N-]=C=C(C(=O)OC1CCCCC1)C(N)=S. The van der Waals surface area contributed by atoms with Gasteiger partial charge in [-0.25, -0.2) is 4.79 Å². The lowest BCUT2D eigenvalue weighted by Crippen LogP contribution is -2.26. The van der Waals surface area contributed by atoms with Crippen molar-refractivity contribution in [2.45, 2.75) is 38.2 Å². The Morgan fingerprint density at radius 1 is 1.40 bits per heavy atom. The predicted octanol–water partition coefficient (Wildman–Crippen LogP) is 1.31. The number of hydrogen-bond acceptors (Lipinski definition) is 3. The van der Waals surface area contributed by atoms with Crippen molar-refractivity contribution >= 4 is 29.0 Å². The summed E-state index contributed by atoms with van der Waals surface area (Å²) in [6.07, 6.45) is 4.95. The molecule has 0 heterocycles. The minimum Gasteiger partial charge on any atom is -0.762 e. The standard InChI is InChI=1S/C10H13N2O2S/c11-6-8(9(12)15)10(13)14-7-4-2-1-3-5-7/h7H,1-5H2,(H2,12,15)/q-1. The van der Waals surface area contributed by atoms with E-state index in [2.05, 4.69) is 12.2 Å². The predicted molar refractivity (Wildman–Crippen MR) is 61.6 cm³/mol. The number of carbonyl (C=O) groups excluding carboxylic acids is 1. The fourth-order valence-corrected chi connectivity index (χ4v) is 1.72. The Kier molecular flexibility index (Phi) is 4.46. The van der Waals surface area contributed by atoms with Gasteiger partial charge in [-0.3, -0.25) is 5.87 Å². The number of carbonyl (C=O) groups is 1. The van der Waals surface area contributed by atoms with E-state index < -0.39 is 5.97 Å². The van der Waals surface area contributed by atoms with Crippen LogP contribution < -0.4 is 5.73 Å². The van der Waals surface area contributed by atoms with Crippen molar-refractivity contribution in [3.8, 4) is 0 Å². The third kappa shape index (κ3) is 3.46. The van der Waals surface area contributed by atoms with Crippen LogP contribution >= 0.6 is 12.2 Å². The molecule has 0 aromatic rings. The summed E-state index contributed by atoms with van der Waals surface area (Å²) < 4.78 is 5.14. The highest BCUT2D eigenvalue weighted by atomic mass is 32.1. The van der Waals surface area contributed by atoms with Gasteiger partial charge >= 0.3 is 5.97 Å². The smallest absolute Gasteiger partial charge is 0.347 e. The van der Waals surface area contributed by atoms with Crippen LogP contribution in [0.5, 0.6) is 0 Å². The number of esters is 1. The van der Waals surface area contributed by atoms with Crippen LogP contribution in [0.15, 0.2) is 5.57 Å². The van der Waals surface area contributed by atoms with Gasteiger partial charge in [-0.1, -0.05) is 18.6 Å². The molecular weight excluding hydrogens is 212 g/mol. The molecule has 5 heteroatoms. The molecule has 2 N–H and O–H groups in total. The first-order valence-electron chi connectivity index (χ1n) is 4.93. The molecule has 0 aromatic carbocycles. The topological polar surface area (TPSA) is 74.6 Å². The Hall–Kier alpha value is -1.19. The van der Waals surface area contributed by atoms with Gasteiger partial charge in [0.1, 0.15) is 16.7 Å². The molecule has 0 unspecified atom stereocenters. The number of thiocarbonyl (C=S) groups is 1. The van der Waals surface area contributed by atoms with Crippen molar-refractivity contribution in [3.63, 3.8) is 0 Å². The Balaban J connectivity index is 2.53. The van der Waals surface area contributed by atoms with E-state index >= 15 is 0 Å². The molecule has 1 aliphatic carbocycles. The van der Waals surface area contributed by atoms with E-state index in [9.17, 15) is 4.79 Å². The largest absolute Gasteiger partial charge is 0.762 e. The second-order valence-corrected chi connectivity index (χ2v) is 3.96. The number of nitrogens with two attached hydrogens (primary N) is 1. The molecule has 0 spiro atoms. The van der Waals surface area contributed by atoms with Crippen LogP contribution in [0.25, 0.3) is 5.41 Å². The molecule has 15 heavy (non-hydrogen) atoms. The summed E-state index contributed by atoms with van der Waals surface area (Å²) in [7, 11) is 0. The molecule has 1 fully saturated rings. The Morgan fingerprint density at radius 2 is 2.00 bits per heavy atom. The summed E-state index contributed by atoms with van der Waals surface area (Å²) in [5, 5.41) is 8.64. The van der Waals surface area contributed by atoms with E-state index in [1.54, 1.807) is 5.87 Å². The summed E-state index contributed by atoms with van der Waals surface area (Å²) in [6.45, 7) is 0. The Bertz CT molecular complexity index is 315. The number of nitrogens with zero attached hydrogens (tertiary/aromatic N) is 1. The van der Waals surface area contributed by atoms with E-state index in [1.165, 1.54) is 6.42 Å². The summed E-state index contributed by atoms with van der Waals surface area (Å²) in [5.74, 6) is 0.983. The van der Waals surface area contributed by atoms with E-state index in [0.717, 1.165) is 25.7 Å². The summed E-state index contributed by atoms with van der Waals surface area (Å²) in [5.41, 5.74) is 4.97. The summed E-state index contributed by atoms with van der Waals surface area (Å²) in [4.78, 5) is 11.2. The lowest BCUT2D eigenvalue weighted by atomic mass is 9.98. The highest BCUT2D eigenvalue weighted by Crippen LogP contribution is 2.20. The van der Waals surface area contributed by atoms with Gasteiger partial charge in [-0.05, 0) is 25.7 Å². The molecule has 0 amide bonds. The van der Waals surface area contributed by atoms with Crippen LogP contribution in [0.1, 0.15) is 32.1 Å². The van der Waals surface area contributed by atoms with Crippen LogP contribution in [0, 0.1) is 0 Å². The Labute approximate surface area is 94.0 Å². The van der Waals surface area contributed by atoms with Gasteiger partial charge in [0.2, 0.25) is 0 Å². The van der Waals surface area contributed by atoms with Crippen molar-refractivity contribution in [1.29, 1.82) is 0 Å². The second-order valence-electron chi connectivity index (χ2n) is 3.52. The van der Waals surface area contributed by atoms with E-state index in [4.69, 9.17) is 15.9 Å². The lowest BCUT2D eigenvalue weighted by Gasteiger charge is -2.22. The highest BCUT2D eigenvalue weighted by Gasteiger charge is 2.20. The average molecular weight is 225 g/mol. The van der Waals surface area contributed by atoms with Gasteiger partial charge in [-0.2, -0.15) is 0 Å². The molecule has 0 bridgehead atoms. The summed E-state index contributed by atoms with van der Waals surface area (Å²) in [6, 6.07) is 0. The first kappa shape index (κ1) is 11.9. The van der Waals surface area contributed by atoms with Crippen molar-refractivity contribution in [2.24, 2.45) is 5.73 Å². The fraction of sp³-hybridized carbons (Fsp3) is 0.600. The second kappa shape index (κ2) is 5.63. The monoisotopic (exact) mass is 225 g/mol. The van der Waals surface area contributed by atoms with Gasteiger partial charge in [-0.15, -0.1) is 0 Å². The molecule has 0 aliphatic heterocycles. The van der Waals surface area contributed by atoms with Gasteiger partial charge in [0.15, 0.2) is 0 Å². The number of hydrogen-bond donors (Lipinski definition) is 1. The Morgan fingerprint density at radius 3 is 2.47 bits per heavy atom. The molecule has 1 saturated carbocycles. The zero-order chi connectivity index (χ0) is 11.3. The van der Waals surface area contributed by atoms with Crippen molar-refractivity contribution in [2.75, 3.05) is 0 Å². The minimum absolute atomic E-state index is 0.0797. The normalized spacial score (nSPS) is 16.5. The molecule has 0 atom stereocenters. The highest BCUT2D eigenvalue weighted by molar-refractivity contribution is 7.80.